The first kappa shape index (κ1) is 17.9. The minimum Gasteiger partial charge on any atom is -0.473 e. The molecule has 25 heavy (non-hydrogen) atoms. The number of β-amino-alcohol motifs (C(OH)–C–C–N with tert-alkyl or cyclic N) is 1. The molecule has 2 fully saturated rings. The number of aliphatic hydroxyl groups is 1. The van der Waals surface area contributed by atoms with Gasteiger partial charge in [-0.15, -0.1) is 0 Å². The molecule has 1 saturated carbocycles. The van der Waals surface area contributed by atoms with Crippen molar-refractivity contribution in [1.29, 1.82) is 0 Å². The van der Waals surface area contributed by atoms with Crippen molar-refractivity contribution in [2.24, 2.45) is 0 Å². The van der Waals surface area contributed by atoms with Crippen molar-refractivity contribution in [3.8, 4) is 5.88 Å². The predicted octanol–water partition coefficient (Wildman–Crippen LogP) is 1.66. The number of piperidine rings is 1. The Bertz CT molecular complexity index is 591. The lowest BCUT2D eigenvalue weighted by atomic mass is 9.89. The minimum absolute atomic E-state index is 0.103. The first-order chi connectivity index (χ1) is 12.1. The monoisotopic (exact) mass is 348 g/mol. The topological polar surface area (TPSA) is 87.6 Å². The third-order valence-electron chi connectivity index (χ3n) is 5.09. The molecule has 1 saturated heterocycles. The van der Waals surface area contributed by atoms with E-state index in [2.05, 4.69) is 15.3 Å². The minimum atomic E-state index is -1.03. The van der Waals surface area contributed by atoms with Crippen LogP contribution in [-0.4, -0.2) is 52.8 Å². The van der Waals surface area contributed by atoms with Crippen LogP contribution in [0, 0.1) is 0 Å². The van der Waals surface area contributed by atoms with Crippen molar-refractivity contribution >= 4 is 11.7 Å². The van der Waals surface area contributed by atoms with Gasteiger partial charge in [-0.25, -0.2) is 0 Å². The average molecular weight is 348 g/mol. The van der Waals surface area contributed by atoms with Crippen molar-refractivity contribution < 1.29 is 14.6 Å². The molecule has 0 spiro atoms. The first-order valence-electron chi connectivity index (χ1n) is 9.25. The summed E-state index contributed by atoms with van der Waals surface area (Å²) in [6.45, 7) is 1.17. The second-order valence-corrected chi connectivity index (χ2v) is 7.19. The van der Waals surface area contributed by atoms with Crippen molar-refractivity contribution in [2.45, 2.75) is 63.1 Å². The van der Waals surface area contributed by atoms with Crippen molar-refractivity contribution in [1.82, 2.24) is 15.3 Å². The summed E-state index contributed by atoms with van der Waals surface area (Å²) in [5.74, 6) is 1.10. The summed E-state index contributed by atoms with van der Waals surface area (Å²) in [6.07, 6.45) is 10.9. The van der Waals surface area contributed by atoms with Gasteiger partial charge in [-0.05, 0) is 38.5 Å². The molecule has 2 N–H and O–H groups in total. The highest BCUT2D eigenvalue weighted by atomic mass is 16.5. The molecule has 2 heterocycles. The summed E-state index contributed by atoms with van der Waals surface area (Å²) in [5, 5.41) is 13.3. The number of hydrogen-bond donors (Lipinski definition) is 2. The number of aromatic nitrogens is 2. The molecule has 7 heteroatoms. The summed E-state index contributed by atoms with van der Waals surface area (Å²) < 4.78 is 5.99. The maximum Gasteiger partial charge on any atom is 0.234 e. The van der Waals surface area contributed by atoms with Gasteiger partial charge in [0.15, 0.2) is 5.82 Å². The fourth-order valence-electron chi connectivity index (χ4n) is 3.74. The Kier molecular flexibility index (Phi) is 5.73. The molecule has 1 aliphatic carbocycles. The Labute approximate surface area is 148 Å². The van der Waals surface area contributed by atoms with Crippen LogP contribution in [0.5, 0.6) is 5.88 Å². The Morgan fingerprint density at radius 1 is 1.36 bits per heavy atom. The van der Waals surface area contributed by atoms with E-state index in [0.29, 0.717) is 24.7 Å². The van der Waals surface area contributed by atoms with Crippen LogP contribution < -0.4 is 15.0 Å². The maximum absolute atomic E-state index is 11.7. The third kappa shape index (κ3) is 4.81. The number of carbonyl (C=O) groups is 1. The zero-order valence-corrected chi connectivity index (χ0v) is 14.9. The van der Waals surface area contributed by atoms with Gasteiger partial charge in [-0.1, -0.05) is 6.42 Å². The van der Waals surface area contributed by atoms with Crippen molar-refractivity contribution in [2.75, 3.05) is 25.0 Å². The fourth-order valence-corrected chi connectivity index (χ4v) is 3.74. The molecule has 3 rings (SSSR count). The SMILES string of the molecule is CNC(=O)CC1(O)CCCN(c2cncc(OC3CCCCC3)n2)C1. The molecule has 1 atom stereocenters. The lowest BCUT2D eigenvalue weighted by Crippen LogP contribution is -2.50. The molecule has 7 nitrogen and oxygen atoms in total. The number of hydrogen-bond acceptors (Lipinski definition) is 6. The zero-order chi connectivity index (χ0) is 17.7. The fraction of sp³-hybridized carbons (Fsp3) is 0.722. The van der Waals surface area contributed by atoms with Crippen molar-refractivity contribution in [3.63, 3.8) is 0 Å². The predicted molar refractivity (Wildman–Crippen MR) is 94.6 cm³/mol. The van der Waals surface area contributed by atoms with E-state index in [9.17, 15) is 9.90 Å². The van der Waals surface area contributed by atoms with E-state index in [1.54, 1.807) is 19.4 Å². The Hall–Kier alpha value is -1.89. The Balaban J connectivity index is 1.66. The van der Waals surface area contributed by atoms with Gasteiger partial charge in [-0.3, -0.25) is 9.78 Å². The van der Waals surface area contributed by atoms with E-state index < -0.39 is 5.60 Å². The van der Waals surface area contributed by atoms with Crippen LogP contribution in [0.4, 0.5) is 5.82 Å². The van der Waals surface area contributed by atoms with Crippen LogP contribution in [0.2, 0.25) is 0 Å². The van der Waals surface area contributed by atoms with Gasteiger partial charge in [-0.2, -0.15) is 4.98 Å². The number of nitrogens with zero attached hydrogens (tertiary/aromatic N) is 3. The van der Waals surface area contributed by atoms with Gasteiger partial charge in [0.25, 0.3) is 0 Å². The van der Waals surface area contributed by atoms with E-state index in [-0.39, 0.29) is 18.4 Å². The van der Waals surface area contributed by atoms with Crippen molar-refractivity contribution in [3.05, 3.63) is 12.4 Å². The number of anilines is 1. The molecule has 1 aromatic rings. The van der Waals surface area contributed by atoms with Crippen LogP contribution in [0.1, 0.15) is 51.4 Å². The lowest BCUT2D eigenvalue weighted by Gasteiger charge is -2.39. The van der Waals surface area contributed by atoms with Crippen LogP contribution in [0.25, 0.3) is 0 Å². The highest BCUT2D eigenvalue weighted by molar-refractivity contribution is 5.76. The second-order valence-electron chi connectivity index (χ2n) is 7.19. The van der Waals surface area contributed by atoms with Crippen LogP contribution in [0.15, 0.2) is 12.4 Å². The van der Waals surface area contributed by atoms with Crippen LogP contribution in [-0.2, 0) is 4.79 Å². The van der Waals surface area contributed by atoms with Crippen LogP contribution >= 0.6 is 0 Å². The summed E-state index contributed by atoms with van der Waals surface area (Å²) >= 11 is 0. The average Bonchev–Trinajstić information content (AvgIpc) is 2.62. The largest absolute Gasteiger partial charge is 0.473 e. The third-order valence-corrected chi connectivity index (χ3v) is 5.09. The normalized spacial score (nSPS) is 24.8. The summed E-state index contributed by atoms with van der Waals surface area (Å²) in [6, 6.07) is 0. The van der Waals surface area contributed by atoms with Gasteiger partial charge >= 0.3 is 0 Å². The Morgan fingerprint density at radius 2 is 2.16 bits per heavy atom. The first-order valence-corrected chi connectivity index (χ1v) is 9.25. The number of amides is 1. The highest BCUT2D eigenvalue weighted by Crippen LogP contribution is 2.28. The molecule has 138 valence electrons. The van der Waals surface area contributed by atoms with E-state index in [1.807, 2.05) is 4.90 Å². The molecule has 0 radical (unpaired) electrons. The lowest BCUT2D eigenvalue weighted by molar-refractivity contribution is -0.125. The van der Waals surface area contributed by atoms with Gasteiger partial charge in [0.05, 0.1) is 24.4 Å². The van der Waals surface area contributed by atoms with E-state index >= 15 is 0 Å². The quantitative estimate of drug-likeness (QED) is 0.841. The second kappa shape index (κ2) is 7.99. The van der Waals surface area contributed by atoms with E-state index in [4.69, 9.17) is 4.74 Å². The van der Waals surface area contributed by atoms with Gasteiger partial charge < -0.3 is 20.1 Å². The summed E-state index contributed by atoms with van der Waals surface area (Å²) in [7, 11) is 1.59. The summed E-state index contributed by atoms with van der Waals surface area (Å²) in [5.41, 5.74) is -1.03. The smallest absolute Gasteiger partial charge is 0.234 e. The molecule has 1 aliphatic heterocycles. The number of rotatable bonds is 5. The van der Waals surface area contributed by atoms with Crippen LogP contribution in [0.3, 0.4) is 0 Å². The highest BCUT2D eigenvalue weighted by Gasteiger charge is 2.35. The molecular formula is C18H28N4O3. The van der Waals surface area contributed by atoms with Gasteiger partial charge in [0.2, 0.25) is 11.8 Å². The Morgan fingerprint density at radius 3 is 2.92 bits per heavy atom. The molecular weight excluding hydrogens is 320 g/mol. The number of carbonyl (C=O) groups excluding carboxylic acids is 1. The van der Waals surface area contributed by atoms with E-state index in [1.165, 1.54) is 19.3 Å². The molecule has 0 bridgehead atoms. The van der Waals surface area contributed by atoms with E-state index in [0.717, 1.165) is 25.8 Å². The summed E-state index contributed by atoms with van der Waals surface area (Å²) in [4.78, 5) is 22.5. The van der Waals surface area contributed by atoms with Gasteiger partial charge in [0.1, 0.15) is 6.10 Å². The number of nitrogens with one attached hydrogen (secondary N) is 1. The molecule has 1 unspecified atom stereocenters. The standard InChI is InChI=1S/C18H28N4O3/c1-19-16(23)10-18(24)8-5-9-22(13-18)15-11-20-12-17(21-15)25-14-6-3-2-4-7-14/h11-12,14,24H,2-10,13H2,1H3,(H,19,23). The molecule has 0 aromatic carbocycles. The number of ether oxygens (including phenoxy) is 1. The molecule has 1 aromatic heterocycles. The maximum atomic E-state index is 11.7. The molecule has 1 amide bonds. The van der Waals surface area contributed by atoms with Gasteiger partial charge in [0, 0.05) is 20.1 Å². The molecule has 2 aliphatic rings. The zero-order valence-electron chi connectivity index (χ0n) is 14.9.